The molecule has 0 amide bonds. The molecule has 0 aromatic heterocycles. The van der Waals surface area contributed by atoms with E-state index in [1.807, 2.05) is 0 Å². The first kappa shape index (κ1) is 12.3. The zero-order chi connectivity index (χ0) is 12.6. The molecule has 1 fully saturated rings. The summed E-state index contributed by atoms with van der Waals surface area (Å²) >= 11 is 3.52. The molecule has 3 rings (SSSR count). The van der Waals surface area contributed by atoms with E-state index in [2.05, 4.69) is 40.3 Å². The van der Waals surface area contributed by atoms with Crippen LogP contribution in [-0.2, 0) is 6.54 Å². The molecule has 0 saturated heterocycles. The average Bonchev–Trinajstić information content (AvgIpc) is 2.75. The van der Waals surface area contributed by atoms with Crippen molar-refractivity contribution in [2.24, 2.45) is 5.41 Å². The molecule has 1 heterocycles. The van der Waals surface area contributed by atoms with E-state index in [0.29, 0.717) is 12.2 Å². The van der Waals surface area contributed by atoms with E-state index in [9.17, 15) is 0 Å². The molecule has 0 spiro atoms. The van der Waals surface area contributed by atoms with Gasteiger partial charge in [0.25, 0.3) is 0 Å². The molecule has 1 aliphatic carbocycles. The van der Waals surface area contributed by atoms with Crippen molar-refractivity contribution in [1.29, 1.82) is 0 Å². The molecule has 0 radical (unpaired) electrons. The van der Waals surface area contributed by atoms with Crippen molar-refractivity contribution in [1.82, 2.24) is 5.32 Å². The first-order valence-electron chi connectivity index (χ1n) is 6.45. The lowest BCUT2D eigenvalue weighted by atomic mass is 9.70. The number of nitrogens with one attached hydrogen (secondary N) is 1. The molecular formula is C14H18BrNO2. The number of hydrogen-bond acceptors (Lipinski definition) is 3. The number of ether oxygens (including phenoxy) is 2. The number of hydrogen-bond donors (Lipinski definition) is 1. The highest BCUT2D eigenvalue weighted by atomic mass is 79.9. The number of fused-ring (bicyclic) bond motifs is 1. The Morgan fingerprint density at radius 1 is 1.33 bits per heavy atom. The molecule has 1 aliphatic heterocycles. The molecular weight excluding hydrogens is 294 g/mol. The van der Waals surface area contributed by atoms with Gasteiger partial charge in [0, 0.05) is 13.1 Å². The predicted octanol–water partition coefficient (Wildman–Crippen LogP) is 3.46. The number of benzene rings is 1. The Morgan fingerprint density at radius 3 is 2.89 bits per heavy atom. The van der Waals surface area contributed by atoms with Gasteiger partial charge in [0.1, 0.15) is 0 Å². The average molecular weight is 312 g/mol. The Kier molecular flexibility index (Phi) is 3.24. The van der Waals surface area contributed by atoms with Crippen LogP contribution in [-0.4, -0.2) is 13.3 Å². The van der Waals surface area contributed by atoms with E-state index in [4.69, 9.17) is 9.47 Å². The molecule has 0 bridgehead atoms. The summed E-state index contributed by atoms with van der Waals surface area (Å²) in [6.45, 7) is 4.66. The monoisotopic (exact) mass is 311 g/mol. The van der Waals surface area contributed by atoms with Crippen LogP contribution in [0.1, 0.15) is 31.7 Å². The first-order valence-corrected chi connectivity index (χ1v) is 7.24. The molecule has 18 heavy (non-hydrogen) atoms. The van der Waals surface area contributed by atoms with Crippen LogP contribution >= 0.6 is 15.9 Å². The van der Waals surface area contributed by atoms with Gasteiger partial charge in [-0.2, -0.15) is 0 Å². The smallest absolute Gasteiger partial charge is 0.231 e. The Hall–Kier alpha value is -0.740. The van der Waals surface area contributed by atoms with Crippen LogP contribution < -0.4 is 14.8 Å². The van der Waals surface area contributed by atoms with Gasteiger partial charge in [-0.3, -0.25) is 0 Å². The fourth-order valence-corrected chi connectivity index (χ4v) is 3.19. The molecule has 0 unspecified atom stereocenters. The lowest BCUT2D eigenvalue weighted by Crippen LogP contribution is -2.36. The zero-order valence-corrected chi connectivity index (χ0v) is 12.2. The number of halogens is 1. The van der Waals surface area contributed by atoms with Gasteiger partial charge in [-0.25, -0.2) is 0 Å². The van der Waals surface area contributed by atoms with Gasteiger partial charge in [0.2, 0.25) is 6.79 Å². The summed E-state index contributed by atoms with van der Waals surface area (Å²) < 4.78 is 11.8. The van der Waals surface area contributed by atoms with Crippen LogP contribution in [0.25, 0.3) is 0 Å². The minimum atomic E-state index is 0.322. The molecule has 4 heteroatoms. The normalized spacial score (nSPS) is 19.7. The van der Waals surface area contributed by atoms with Crippen molar-refractivity contribution in [3.05, 3.63) is 22.2 Å². The van der Waals surface area contributed by atoms with Gasteiger partial charge in [0.05, 0.1) is 4.47 Å². The minimum Gasteiger partial charge on any atom is -0.454 e. The van der Waals surface area contributed by atoms with Crippen LogP contribution in [0.15, 0.2) is 16.6 Å². The molecule has 1 aromatic carbocycles. The van der Waals surface area contributed by atoms with Crippen molar-refractivity contribution in [3.63, 3.8) is 0 Å². The topological polar surface area (TPSA) is 30.5 Å². The molecule has 1 N–H and O–H groups in total. The maximum absolute atomic E-state index is 5.42. The van der Waals surface area contributed by atoms with E-state index in [1.165, 1.54) is 24.8 Å². The third-order valence-electron chi connectivity index (χ3n) is 3.93. The van der Waals surface area contributed by atoms with Gasteiger partial charge in [-0.05, 0) is 51.9 Å². The summed E-state index contributed by atoms with van der Waals surface area (Å²) in [5.74, 6) is 1.67. The first-order chi connectivity index (χ1) is 8.66. The summed E-state index contributed by atoms with van der Waals surface area (Å²) in [6.07, 6.45) is 4.09. The lowest BCUT2D eigenvalue weighted by molar-refractivity contribution is 0.156. The highest BCUT2D eigenvalue weighted by Gasteiger charge is 2.30. The van der Waals surface area contributed by atoms with Gasteiger partial charge in [-0.15, -0.1) is 0 Å². The molecule has 2 aliphatic rings. The lowest BCUT2D eigenvalue weighted by Gasteiger charge is -2.38. The van der Waals surface area contributed by atoms with Crippen molar-refractivity contribution in [2.75, 3.05) is 13.3 Å². The van der Waals surface area contributed by atoms with Crippen molar-refractivity contribution < 1.29 is 9.47 Å². The maximum atomic E-state index is 5.42. The fourth-order valence-electron chi connectivity index (χ4n) is 2.59. The second kappa shape index (κ2) is 4.74. The minimum absolute atomic E-state index is 0.322. The zero-order valence-electron chi connectivity index (χ0n) is 10.6. The summed E-state index contributed by atoms with van der Waals surface area (Å²) in [4.78, 5) is 0. The van der Waals surface area contributed by atoms with E-state index in [-0.39, 0.29) is 0 Å². The molecule has 3 nitrogen and oxygen atoms in total. The predicted molar refractivity (Wildman–Crippen MR) is 73.9 cm³/mol. The Balaban J connectivity index is 1.61. The Labute approximate surface area is 116 Å². The number of rotatable bonds is 4. The van der Waals surface area contributed by atoms with E-state index in [0.717, 1.165) is 29.1 Å². The highest BCUT2D eigenvalue weighted by molar-refractivity contribution is 9.10. The van der Waals surface area contributed by atoms with Gasteiger partial charge < -0.3 is 14.8 Å². The van der Waals surface area contributed by atoms with E-state index < -0.39 is 0 Å². The maximum Gasteiger partial charge on any atom is 0.231 e. The fraction of sp³-hybridized carbons (Fsp3) is 0.571. The SMILES string of the molecule is CC1(CNCc2cc(Br)c3c(c2)OCO3)CCC1. The second-order valence-corrected chi connectivity index (χ2v) is 6.43. The van der Waals surface area contributed by atoms with Crippen LogP contribution in [0.2, 0.25) is 0 Å². The van der Waals surface area contributed by atoms with Crippen LogP contribution in [0.5, 0.6) is 11.5 Å². The van der Waals surface area contributed by atoms with Crippen molar-refractivity contribution in [2.45, 2.75) is 32.7 Å². The van der Waals surface area contributed by atoms with Crippen LogP contribution in [0, 0.1) is 5.41 Å². The molecule has 1 saturated carbocycles. The summed E-state index contributed by atoms with van der Waals surface area (Å²) in [5, 5.41) is 3.55. The van der Waals surface area contributed by atoms with Crippen molar-refractivity contribution in [3.8, 4) is 11.5 Å². The third kappa shape index (κ3) is 2.36. The van der Waals surface area contributed by atoms with Gasteiger partial charge in [-0.1, -0.05) is 13.3 Å². The largest absolute Gasteiger partial charge is 0.454 e. The van der Waals surface area contributed by atoms with E-state index >= 15 is 0 Å². The quantitative estimate of drug-likeness (QED) is 0.923. The highest BCUT2D eigenvalue weighted by Crippen LogP contribution is 2.41. The van der Waals surface area contributed by atoms with Gasteiger partial charge in [0.15, 0.2) is 11.5 Å². The van der Waals surface area contributed by atoms with Gasteiger partial charge >= 0.3 is 0 Å². The molecule has 0 atom stereocenters. The second-order valence-electron chi connectivity index (χ2n) is 5.58. The third-order valence-corrected chi connectivity index (χ3v) is 4.52. The molecule has 98 valence electrons. The summed E-state index contributed by atoms with van der Waals surface area (Å²) in [5.41, 5.74) is 1.75. The Morgan fingerprint density at radius 2 is 2.17 bits per heavy atom. The van der Waals surface area contributed by atoms with Crippen LogP contribution in [0.4, 0.5) is 0 Å². The standard InChI is InChI=1S/C14H18BrNO2/c1-14(3-2-4-14)8-16-7-10-5-11(15)13-12(6-10)17-9-18-13/h5-6,16H,2-4,7-9H2,1H3. The summed E-state index contributed by atoms with van der Waals surface area (Å²) in [6, 6.07) is 4.16. The van der Waals surface area contributed by atoms with E-state index in [1.54, 1.807) is 0 Å². The summed E-state index contributed by atoms with van der Waals surface area (Å²) in [7, 11) is 0. The Bertz CT molecular complexity index is 457. The van der Waals surface area contributed by atoms with Crippen LogP contribution in [0.3, 0.4) is 0 Å². The van der Waals surface area contributed by atoms with Crippen molar-refractivity contribution >= 4 is 15.9 Å². The molecule has 1 aromatic rings.